The highest BCUT2D eigenvalue weighted by Gasteiger charge is 2.45. The van der Waals surface area contributed by atoms with Crippen molar-refractivity contribution in [3.63, 3.8) is 0 Å². The standard InChI is InChI=1S/C16H15F6NO2/c17-15(18,19)11-2-1-3-12(16(20,21)22)13(11)14(24)8-4-9-6-25-7-10(5-8)23-9/h1-3,8-10,23H,4-7H2. The predicted molar refractivity (Wildman–Crippen MR) is 75.0 cm³/mol. The monoisotopic (exact) mass is 367 g/mol. The number of fused-ring (bicyclic) bond motifs is 2. The lowest BCUT2D eigenvalue weighted by Gasteiger charge is -2.39. The van der Waals surface area contributed by atoms with Gasteiger partial charge in [0.15, 0.2) is 5.78 Å². The van der Waals surface area contributed by atoms with Gasteiger partial charge in [-0.2, -0.15) is 26.3 Å². The molecular formula is C16H15F6NO2. The number of hydrogen-bond acceptors (Lipinski definition) is 3. The summed E-state index contributed by atoms with van der Waals surface area (Å²) in [5, 5.41) is 3.16. The zero-order chi connectivity index (χ0) is 18.4. The average Bonchev–Trinajstić information content (AvgIpc) is 2.51. The SMILES string of the molecule is O=C(c1c(C(F)(F)F)cccc1C(F)(F)F)C1CC2COCC(C1)N2. The molecule has 2 saturated heterocycles. The van der Waals surface area contributed by atoms with Gasteiger partial charge >= 0.3 is 12.4 Å². The molecule has 2 unspecified atom stereocenters. The second-order valence-electron chi connectivity index (χ2n) is 6.35. The van der Waals surface area contributed by atoms with Gasteiger partial charge in [-0.15, -0.1) is 0 Å². The first-order valence-corrected chi connectivity index (χ1v) is 7.72. The van der Waals surface area contributed by atoms with E-state index in [2.05, 4.69) is 5.32 Å². The van der Waals surface area contributed by atoms with Crippen molar-refractivity contribution in [3.05, 3.63) is 34.9 Å². The van der Waals surface area contributed by atoms with E-state index in [1.54, 1.807) is 0 Å². The number of carbonyl (C=O) groups excluding carboxylic acids is 1. The maximum absolute atomic E-state index is 13.2. The fourth-order valence-corrected chi connectivity index (χ4v) is 3.55. The van der Waals surface area contributed by atoms with Gasteiger partial charge in [0.2, 0.25) is 0 Å². The van der Waals surface area contributed by atoms with Gasteiger partial charge in [-0.05, 0) is 25.0 Å². The van der Waals surface area contributed by atoms with Crippen LogP contribution in [0.2, 0.25) is 0 Å². The van der Waals surface area contributed by atoms with Crippen LogP contribution >= 0.6 is 0 Å². The molecule has 25 heavy (non-hydrogen) atoms. The number of Topliss-reactive ketones (excluding diaryl/α,β-unsaturated/α-hetero) is 1. The summed E-state index contributed by atoms with van der Waals surface area (Å²) < 4.78 is 84.6. The quantitative estimate of drug-likeness (QED) is 0.640. The zero-order valence-corrected chi connectivity index (χ0v) is 12.9. The fraction of sp³-hybridized carbons (Fsp3) is 0.562. The molecule has 138 valence electrons. The number of nitrogens with one attached hydrogen (secondary N) is 1. The highest BCUT2D eigenvalue weighted by molar-refractivity contribution is 6.01. The van der Waals surface area contributed by atoms with E-state index < -0.39 is 40.7 Å². The van der Waals surface area contributed by atoms with E-state index in [0.29, 0.717) is 18.2 Å². The van der Waals surface area contributed by atoms with Crippen LogP contribution in [0.25, 0.3) is 0 Å². The van der Waals surface area contributed by atoms with Crippen molar-refractivity contribution in [2.24, 2.45) is 5.92 Å². The Morgan fingerprint density at radius 1 is 0.960 bits per heavy atom. The largest absolute Gasteiger partial charge is 0.417 e. The molecule has 0 aliphatic carbocycles. The predicted octanol–water partition coefficient (Wildman–Crippen LogP) is 3.67. The first kappa shape index (κ1) is 18.2. The summed E-state index contributed by atoms with van der Waals surface area (Å²) in [7, 11) is 0. The summed E-state index contributed by atoms with van der Waals surface area (Å²) in [6.45, 7) is 0.570. The van der Waals surface area contributed by atoms with Crippen LogP contribution in [0.4, 0.5) is 26.3 Å². The molecule has 2 bridgehead atoms. The molecule has 0 radical (unpaired) electrons. The van der Waals surface area contributed by atoms with E-state index in [-0.39, 0.29) is 38.1 Å². The van der Waals surface area contributed by atoms with Crippen molar-refractivity contribution in [1.29, 1.82) is 0 Å². The van der Waals surface area contributed by atoms with Gasteiger partial charge in [0.25, 0.3) is 0 Å². The topological polar surface area (TPSA) is 38.3 Å². The fourth-order valence-electron chi connectivity index (χ4n) is 3.55. The minimum atomic E-state index is -5.04. The maximum atomic E-state index is 13.2. The molecular weight excluding hydrogens is 352 g/mol. The van der Waals surface area contributed by atoms with E-state index in [9.17, 15) is 31.1 Å². The molecule has 3 rings (SSSR count). The number of alkyl halides is 6. The highest BCUT2D eigenvalue weighted by Crippen LogP contribution is 2.41. The Morgan fingerprint density at radius 3 is 1.88 bits per heavy atom. The van der Waals surface area contributed by atoms with Gasteiger partial charge in [-0.25, -0.2) is 0 Å². The first-order valence-electron chi connectivity index (χ1n) is 7.72. The Morgan fingerprint density at radius 2 is 1.44 bits per heavy atom. The molecule has 9 heteroatoms. The van der Waals surface area contributed by atoms with Gasteiger partial charge in [-0.1, -0.05) is 6.07 Å². The summed E-state index contributed by atoms with van der Waals surface area (Å²) >= 11 is 0. The van der Waals surface area contributed by atoms with E-state index in [1.165, 1.54) is 0 Å². The number of rotatable bonds is 2. The van der Waals surface area contributed by atoms with E-state index in [4.69, 9.17) is 4.74 Å². The van der Waals surface area contributed by atoms with Crippen molar-refractivity contribution in [1.82, 2.24) is 5.32 Å². The Kier molecular flexibility index (Phi) is 4.57. The summed E-state index contributed by atoms with van der Waals surface area (Å²) in [5.41, 5.74) is -4.34. The molecule has 0 saturated carbocycles. The minimum absolute atomic E-state index is 0.152. The third-order valence-electron chi connectivity index (χ3n) is 4.54. The number of piperidine rings is 1. The van der Waals surface area contributed by atoms with Crippen LogP contribution in [0.1, 0.15) is 34.3 Å². The van der Waals surface area contributed by atoms with Crippen LogP contribution in [-0.4, -0.2) is 31.1 Å². The van der Waals surface area contributed by atoms with Gasteiger partial charge < -0.3 is 10.1 Å². The van der Waals surface area contributed by atoms with Gasteiger partial charge in [-0.3, -0.25) is 4.79 Å². The van der Waals surface area contributed by atoms with Crippen molar-refractivity contribution in [2.45, 2.75) is 37.3 Å². The highest BCUT2D eigenvalue weighted by atomic mass is 19.4. The lowest BCUT2D eigenvalue weighted by Crippen LogP contribution is -2.55. The van der Waals surface area contributed by atoms with Crippen LogP contribution in [0.3, 0.4) is 0 Å². The number of halogens is 6. The van der Waals surface area contributed by atoms with Crippen LogP contribution in [-0.2, 0) is 17.1 Å². The van der Waals surface area contributed by atoms with Crippen LogP contribution in [0, 0.1) is 5.92 Å². The molecule has 1 N–H and O–H groups in total. The Bertz CT molecular complexity index is 625. The molecule has 2 aliphatic heterocycles. The summed E-state index contributed by atoms with van der Waals surface area (Å²) in [6, 6.07) is 1.23. The molecule has 2 fully saturated rings. The Balaban J connectivity index is 2.04. The number of benzene rings is 1. The van der Waals surface area contributed by atoms with E-state index >= 15 is 0 Å². The molecule has 1 aromatic rings. The third-order valence-corrected chi connectivity index (χ3v) is 4.54. The van der Waals surface area contributed by atoms with Gasteiger partial charge in [0.05, 0.1) is 24.3 Å². The van der Waals surface area contributed by atoms with Crippen LogP contribution in [0.15, 0.2) is 18.2 Å². The third kappa shape index (κ3) is 3.67. The van der Waals surface area contributed by atoms with Crippen molar-refractivity contribution in [3.8, 4) is 0 Å². The van der Waals surface area contributed by atoms with Crippen LogP contribution in [0.5, 0.6) is 0 Å². The second kappa shape index (κ2) is 6.28. The van der Waals surface area contributed by atoms with Gasteiger partial charge in [0.1, 0.15) is 0 Å². The molecule has 0 aromatic heterocycles. The minimum Gasteiger partial charge on any atom is -0.378 e. The van der Waals surface area contributed by atoms with Crippen molar-refractivity contribution in [2.75, 3.05) is 13.2 Å². The summed E-state index contributed by atoms with van der Waals surface area (Å²) in [6.07, 6.45) is -9.78. The average molecular weight is 367 g/mol. The Hall–Kier alpha value is -1.61. The number of hydrogen-bond donors (Lipinski definition) is 1. The molecule has 1 aromatic carbocycles. The number of ether oxygens (including phenoxy) is 1. The summed E-state index contributed by atoms with van der Waals surface area (Å²) in [5.74, 6) is -2.00. The summed E-state index contributed by atoms with van der Waals surface area (Å²) in [4.78, 5) is 12.7. The Labute approximate surface area is 139 Å². The lowest BCUT2D eigenvalue weighted by molar-refractivity contribution is -0.143. The number of ketones is 1. The van der Waals surface area contributed by atoms with Crippen LogP contribution < -0.4 is 5.32 Å². The van der Waals surface area contributed by atoms with E-state index in [0.717, 1.165) is 0 Å². The van der Waals surface area contributed by atoms with Gasteiger partial charge in [0, 0.05) is 23.6 Å². The second-order valence-corrected chi connectivity index (χ2v) is 6.35. The number of morpholine rings is 1. The normalized spacial score (nSPS) is 27.2. The molecule has 2 aliphatic rings. The van der Waals surface area contributed by atoms with Crippen molar-refractivity contribution < 1.29 is 35.9 Å². The first-order chi connectivity index (χ1) is 11.6. The zero-order valence-electron chi connectivity index (χ0n) is 12.9. The number of carbonyl (C=O) groups is 1. The van der Waals surface area contributed by atoms with E-state index in [1.807, 2.05) is 0 Å². The molecule has 0 amide bonds. The van der Waals surface area contributed by atoms with Crippen molar-refractivity contribution >= 4 is 5.78 Å². The maximum Gasteiger partial charge on any atom is 0.417 e. The molecule has 2 heterocycles. The molecule has 0 spiro atoms. The molecule has 3 nitrogen and oxygen atoms in total. The molecule has 2 atom stereocenters. The smallest absolute Gasteiger partial charge is 0.378 e. The lowest BCUT2D eigenvalue weighted by atomic mass is 9.80.